The largest absolute Gasteiger partial charge is 0.397 e. The highest BCUT2D eigenvalue weighted by Crippen LogP contribution is 2.26. The first-order chi connectivity index (χ1) is 10.1. The number of hydrogen-bond acceptors (Lipinski definition) is 4. The molecule has 0 aliphatic rings. The summed E-state index contributed by atoms with van der Waals surface area (Å²) in [7, 11) is 1.95. The molecule has 0 radical (unpaired) electrons. The molecule has 0 spiro atoms. The maximum Gasteiger partial charge on any atom is 0.271 e. The Morgan fingerprint density at radius 2 is 1.90 bits per heavy atom. The van der Waals surface area contributed by atoms with E-state index in [4.69, 9.17) is 5.73 Å². The van der Waals surface area contributed by atoms with Gasteiger partial charge in [0.1, 0.15) is 0 Å². The fraction of sp³-hybridized carbons (Fsp3) is 0.250. The van der Waals surface area contributed by atoms with Crippen molar-refractivity contribution in [3.8, 4) is 0 Å². The molecule has 0 aromatic heterocycles. The number of nitro benzene ring substituents is 1. The lowest BCUT2D eigenvalue weighted by molar-refractivity contribution is -0.384. The summed E-state index contributed by atoms with van der Waals surface area (Å²) in [6.45, 7) is 0.844. The zero-order valence-corrected chi connectivity index (χ0v) is 12.0. The number of nitrogens with two attached hydrogens (primary N) is 1. The summed E-state index contributed by atoms with van der Waals surface area (Å²) in [5, 5.41) is 10.7. The van der Waals surface area contributed by atoms with Gasteiger partial charge in [-0.2, -0.15) is 0 Å². The minimum absolute atomic E-state index is 0.0222. The molecule has 21 heavy (non-hydrogen) atoms. The van der Waals surface area contributed by atoms with Crippen molar-refractivity contribution >= 4 is 17.1 Å². The zero-order chi connectivity index (χ0) is 15.2. The van der Waals surface area contributed by atoms with Crippen LogP contribution in [-0.4, -0.2) is 18.5 Å². The monoisotopic (exact) mass is 285 g/mol. The molecule has 0 aliphatic heterocycles. The minimum Gasteiger partial charge on any atom is -0.397 e. The Balaban J connectivity index is 1.94. The van der Waals surface area contributed by atoms with E-state index in [0.29, 0.717) is 5.69 Å². The lowest BCUT2D eigenvalue weighted by Crippen LogP contribution is -2.20. The number of non-ortho nitro benzene ring substituents is 1. The van der Waals surface area contributed by atoms with Gasteiger partial charge in [-0.25, -0.2) is 0 Å². The predicted molar refractivity (Wildman–Crippen MR) is 85.5 cm³/mol. The van der Waals surface area contributed by atoms with Gasteiger partial charge in [-0.1, -0.05) is 30.3 Å². The standard InChI is InChI=1S/C16H19N3O2/c1-18(11-5-8-13-6-3-2-4-7-13)16-10-9-14(19(20)21)12-15(16)17/h2-4,6-7,9-10,12H,5,8,11,17H2,1H3. The summed E-state index contributed by atoms with van der Waals surface area (Å²) < 4.78 is 0. The first-order valence-corrected chi connectivity index (χ1v) is 6.87. The van der Waals surface area contributed by atoms with Crippen LogP contribution < -0.4 is 10.6 Å². The molecule has 2 rings (SSSR count). The van der Waals surface area contributed by atoms with E-state index in [1.807, 2.05) is 30.1 Å². The van der Waals surface area contributed by atoms with Gasteiger partial charge in [-0.15, -0.1) is 0 Å². The Kier molecular flexibility index (Phi) is 4.77. The van der Waals surface area contributed by atoms with Crippen LogP contribution in [0.2, 0.25) is 0 Å². The van der Waals surface area contributed by atoms with Crippen LogP contribution in [0.1, 0.15) is 12.0 Å². The van der Waals surface area contributed by atoms with Gasteiger partial charge < -0.3 is 10.6 Å². The van der Waals surface area contributed by atoms with E-state index in [1.165, 1.54) is 17.7 Å². The first kappa shape index (κ1) is 14.8. The van der Waals surface area contributed by atoms with E-state index < -0.39 is 4.92 Å². The number of nitrogens with zero attached hydrogens (tertiary/aromatic N) is 2. The van der Waals surface area contributed by atoms with Crippen molar-refractivity contribution in [3.05, 3.63) is 64.2 Å². The smallest absolute Gasteiger partial charge is 0.271 e. The second-order valence-electron chi connectivity index (χ2n) is 5.01. The van der Waals surface area contributed by atoms with Crippen molar-refractivity contribution in [2.75, 3.05) is 24.2 Å². The molecule has 5 heteroatoms. The first-order valence-electron chi connectivity index (χ1n) is 6.87. The summed E-state index contributed by atoms with van der Waals surface area (Å²) >= 11 is 0. The summed E-state index contributed by atoms with van der Waals surface area (Å²) in [4.78, 5) is 12.3. The van der Waals surface area contributed by atoms with E-state index in [-0.39, 0.29) is 5.69 Å². The minimum atomic E-state index is -0.435. The molecule has 0 saturated heterocycles. The van der Waals surface area contributed by atoms with Crippen LogP contribution in [0.4, 0.5) is 17.1 Å². The van der Waals surface area contributed by atoms with Gasteiger partial charge in [0.15, 0.2) is 0 Å². The summed E-state index contributed by atoms with van der Waals surface area (Å²) in [6.07, 6.45) is 2.00. The van der Waals surface area contributed by atoms with Crippen molar-refractivity contribution in [1.29, 1.82) is 0 Å². The topological polar surface area (TPSA) is 72.4 Å². The average molecular weight is 285 g/mol. The molecule has 0 bridgehead atoms. The average Bonchev–Trinajstić information content (AvgIpc) is 2.48. The molecule has 0 unspecified atom stereocenters. The van der Waals surface area contributed by atoms with Gasteiger partial charge in [0.05, 0.1) is 16.3 Å². The molecule has 0 saturated carbocycles. The van der Waals surface area contributed by atoms with Crippen LogP contribution in [0, 0.1) is 10.1 Å². The fourth-order valence-electron chi connectivity index (χ4n) is 2.29. The number of benzene rings is 2. The second kappa shape index (κ2) is 6.74. The lowest BCUT2D eigenvalue weighted by atomic mass is 10.1. The van der Waals surface area contributed by atoms with E-state index in [0.717, 1.165) is 25.1 Å². The number of hydrogen-bond donors (Lipinski definition) is 1. The fourth-order valence-corrected chi connectivity index (χ4v) is 2.29. The Morgan fingerprint density at radius 1 is 1.19 bits per heavy atom. The Labute approximate surface area is 124 Å². The molecule has 0 atom stereocenters. The highest BCUT2D eigenvalue weighted by Gasteiger charge is 2.11. The van der Waals surface area contributed by atoms with E-state index >= 15 is 0 Å². The van der Waals surface area contributed by atoms with Gasteiger partial charge in [0.2, 0.25) is 0 Å². The summed E-state index contributed by atoms with van der Waals surface area (Å²) in [5.41, 5.74) is 8.49. The molecule has 0 aliphatic carbocycles. The normalized spacial score (nSPS) is 10.3. The van der Waals surface area contributed by atoms with Gasteiger partial charge in [-0.3, -0.25) is 10.1 Å². The van der Waals surface area contributed by atoms with E-state index in [9.17, 15) is 10.1 Å². The Hall–Kier alpha value is -2.56. The molecule has 5 nitrogen and oxygen atoms in total. The van der Waals surface area contributed by atoms with Crippen LogP contribution in [0.15, 0.2) is 48.5 Å². The molecular formula is C16H19N3O2. The molecule has 0 fully saturated rings. The van der Waals surface area contributed by atoms with Gasteiger partial charge in [-0.05, 0) is 24.5 Å². The molecule has 0 heterocycles. The van der Waals surface area contributed by atoms with Crippen molar-refractivity contribution in [2.45, 2.75) is 12.8 Å². The van der Waals surface area contributed by atoms with Gasteiger partial charge in [0, 0.05) is 25.7 Å². The number of nitro groups is 1. The van der Waals surface area contributed by atoms with Gasteiger partial charge in [0.25, 0.3) is 5.69 Å². The predicted octanol–water partition coefficient (Wildman–Crippen LogP) is 3.25. The maximum atomic E-state index is 10.7. The second-order valence-corrected chi connectivity index (χ2v) is 5.01. The summed E-state index contributed by atoms with van der Waals surface area (Å²) in [5.74, 6) is 0. The quantitative estimate of drug-likeness (QED) is 0.502. The summed E-state index contributed by atoms with van der Waals surface area (Å²) in [6, 6.07) is 14.9. The zero-order valence-electron chi connectivity index (χ0n) is 12.0. The van der Waals surface area contributed by atoms with Crippen molar-refractivity contribution < 1.29 is 4.92 Å². The SMILES string of the molecule is CN(CCCc1ccccc1)c1ccc([N+](=O)[O-])cc1N. The van der Waals surface area contributed by atoms with E-state index in [2.05, 4.69) is 12.1 Å². The van der Waals surface area contributed by atoms with Crippen molar-refractivity contribution in [1.82, 2.24) is 0 Å². The van der Waals surface area contributed by atoms with Crippen LogP contribution in [-0.2, 0) is 6.42 Å². The third kappa shape index (κ3) is 3.95. The number of aryl methyl sites for hydroxylation is 1. The Bertz CT molecular complexity index is 614. The van der Waals surface area contributed by atoms with Crippen LogP contribution in [0.5, 0.6) is 0 Å². The van der Waals surface area contributed by atoms with Crippen molar-refractivity contribution in [3.63, 3.8) is 0 Å². The molecule has 110 valence electrons. The molecule has 0 amide bonds. The molecule has 2 aromatic rings. The van der Waals surface area contributed by atoms with E-state index in [1.54, 1.807) is 6.07 Å². The lowest BCUT2D eigenvalue weighted by Gasteiger charge is -2.20. The third-order valence-corrected chi connectivity index (χ3v) is 3.43. The van der Waals surface area contributed by atoms with Crippen molar-refractivity contribution in [2.24, 2.45) is 0 Å². The molecule has 2 aromatic carbocycles. The number of anilines is 2. The van der Waals surface area contributed by atoms with Gasteiger partial charge >= 0.3 is 0 Å². The molecule has 2 N–H and O–H groups in total. The van der Waals surface area contributed by atoms with Crippen LogP contribution in [0.3, 0.4) is 0 Å². The third-order valence-electron chi connectivity index (χ3n) is 3.43. The van der Waals surface area contributed by atoms with Crippen LogP contribution in [0.25, 0.3) is 0 Å². The maximum absolute atomic E-state index is 10.7. The molecular weight excluding hydrogens is 266 g/mol. The highest BCUT2D eigenvalue weighted by molar-refractivity contribution is 5.70. The number of nitrogen functional groups attached to an aromatic ring is 1. The number of rotatable bonds is 6. The van der Waals surface area contributed by atoms with Crippen LogP contribution >= 0.6 is 0 Å². The Morgan fingerprint density at radius 3 is 2.52 bits per heavy atom. The highest BCUT2D eigenvalue weighted by atomic mass is 16.6.